The molecule has 0 heterocycles. The number of benzene rings is 2. The van der Waals surface area contributed by atoms with Crippen molar-refractivity contribution in [3.05, 3.63) is 54.6 Å². The van der Waals surface area contributed by atoms with Crippen molar-refractivity contribution in [2.24, 2.45) is 0 Å². The van der Waals surface area contributed by atoms with Crippen LogP contribution in [0.5, 0.6) is 5.75 Å². The number of rotatable bonds is 2. The number of phenolic OH excluding ortho intramolecular Hbond substituents is 1. The van der Waals surface area contributed by atoms with Crippen molar-refractivity contribution in [2.45, 2.75) is 9.79 Å². The highest BCUT2D eigenvalue weighted by Crippen LogP contribution is 2.27. The van der Waals surface area contributed by atoms with Gasteiger partial charge in [-0.15, -0.1) is 0 Å². The molecule has 3 nitrogen and oxygen atoms in total. The van der Waals surface area contributed by atoms with Crippen LogP contribution in [-0.4, -0.2) is 13.5 Å². The molecule has 0 unspecified atom stereocenters. The lowest BCUT2D eigenvalue weighted by Crippen LogP contribution is -2.01. The molecule has 0 saturated heterocycles. The van der Waals surface area contributed by atoms with Gasteiger partial charge in [0.25, 0.3) is 0 Å². The van der Waals surface area contributed by atoms with Crippen molar-refractivity contribution < 1.29 is 13.5 Å². The lowest BCUT2D eigenvalue weighted by atomic mass is 10.3. The minimum absolute atomic E-state index is 0.0683. The summed E-state index contributed by atoms with van der Waals surface area (Å²) >= 11 is 0. The topological polar surface area (TPSA) is 54.4 Å². The molecule has 2 rings (SSSR count). The third kappa shape index (κ3) is 1.79. The second-order valence-corrected chi connectivity index (χ2v) is 5.20. The fourth-order valence-corrected chi connectivity index (χ4v) is 2.78. The van der Waals surface area contributed by atoms with Gasteiger partial charge in [0.1, 0.15) is 10.6 Å². The highest BCUT2D eigenvalue weighted by molar-refractivity contribution is 7.91. The third-order valence-electron chi connectivity index (χ3n) is 2.21. The number of sulfone groups is 1. The van der Waals surface area contributed by atoms with Gasteiger partial charge in [0.05, 0.1) is 4.90 Å². The van der Waals surface area contributed by atoms with Crippen molar-refractivity contribution in [2.75, 3.05) is 0 Å². The van der Waals surface area contributed by atoms with E-state index in [0.717, 1.165) is 0 Å². The van der Waals surface area contributed by atoms with Crippen LogP contribution in [0, 0.1) is 0 Å². The van der Waals surface area contributed by atoms with E-state index in [1.54, 1.807) is 30.3 Å². The van der Waals surface area contributed by atoms with Gasteiger partial charge in [-0.1, -0.05) is 30.3 Å². The van der Waals surface area contributed by atoms with E-state index in [1.165, 1.54) is 24.3 Å². The minimum atomic E-state index is -3.62. The number of phenols is 1. The Morgan fingerprint density at radius 2 is 1.38 bits per heavy atom. The number of para-hydroxylation sites is 1. The molecule has 0 aliphatic carbocycles. The normalized spacial score (nSPS) is 11.2. The second-order valence-electron chi connectivity index (χ2n) is 3.28. The predicted molar refractivity (Wildman–Crippen MR) is 60.0 cm³/mol. The van der Waals surface area contributed by atoms with Crippen LogP contribution in [0.15, 0.2) is 64.4 Å². The fourth-order valence-electron chi connectivity index (χ4n) is 1.41. The standard InChI is InChI=1S/C12H10O3S/c13-11-8-4-5-9-12(11)16(14,15)10-6-2-1-3-7-10/h1-9,13H. The van der Waals surface area contributed by atoms with Gasteiger partial charge in [0.15, 0.2) is 0 Å². The number of hydrogen-bond acceptors (Lipinski definition) is 3. The van der Waals surface area contributed by atoms with Crippen molar-refractivity contribution in [3.8, 4) is 5.75 Å². The van der Waals surface area contributed by atoms with Gasteiger partial charge in [-0.25, -0.2) is 8.42 Å². The van der Waals surface area contributed by atoms with Crippen molar-refractivity contribution in [1.82, 2.24) is 0 Å². The van der Waals surface area contributed by atoms with Gasteiger partial charge < -0.3 is 5.11 Å². The van der Waals surface area contributed by atoms with Crippen LogP contribution in [0.2, 0.25) is 0 Å². The average Bonchev–Trinajstić information content (AvgIpc) is 2.30. The van der Waals surface area contributed by atoms with E-state index >= 15 is 0 Å². The Hall–Kier alpha value is -1.81. The summed E-state index contributed by atoms with van der Waals surface area (Å²) in [5, 5.41) is 9.53. The Kier molecular flexibility index (Phi) is 2.66. The van der Waals surface area contributed by atoms with E-state index in [-0.39, 0.29) is 15.5 Å². The SMILES string of the molecule is O=S(=O)(c1ccccc1)c1ccccc1O. The van der Waals surface area contributed by atoms with Crippen molar-refractivity contribution in [3.63, 3.8) is 0 Å². The molecule has 2 aromatic rings. The summed E-state index contributed by atoms with van der Waals surface area (Å²) in [5.74, 6) is -0.230. The van der Waals surface area contributed by atoms with Gasteiger partial charge in [-0.2, -0.15) is 0 Å². The lowest BCUT2D eigenvalue weighted by Gasteiger charge is -2.05. The van der Waals surface area contributed by atoms with Crippen LogP contribution in [0.3, 0.4) is 0 Å². The largest absolute Gasteiger partial charge is 0.507 e. The summed E-state index contributed by atoms with van der Waals surface area (Å²) in [7, 11) is -3.62. The first kappa shape index (κ1) is 10.7. The van der Waals surface area contributed by atoms with E-state index in [4.69, 9.17) is 0 Å². The first-order chi connectivity index (χ1) is 7.62. The van der Waals surface area contributed by atoms with Gasteiger partial charge in [0, 0.05) is 0 Å². The van der Waals surface area contributed by atoms with Crippen molar-refractivity contribution in [1.29, 1.82) is 0 Å². The molecule has 0 radical (unpaired) electrons. The second kappa shape index (κ2) is 3.98. The maximum absolute atomic E-state index is 12.1. The van der Waals surface area contributed by atoms with Crippen LogP contribution in [-0.2, 0) is 9.84 Å². The zero-order chi connectivity index (χ0) is 11.6. The number of hydrogen-bond donors (Lipinski definition) is 1. The molecule has 0 fully saturated rings. The Morgan fingerprint density at radius 1 is 0.812 bits per heavy atom. The van der Waals surface area contributed by atoms with Gasteiger partial charge >= 0.3 is 0 Å². The van der Waals surface area contributed by atoms with Crippen LogP contribution in [0.4, 0.5) is 0 Å². The molecular weight excluding hydrogens is 224 g/mol. The first-order valence-corrected chi connectivity index (χ1v) is 6.19. The highest BCUT2D eigenvalue weighted by Gasteiger charge is 2.20. The molecule has 0 aliphatic heterocycles. The highest BCUT2D eigenvalue weighted by atomic mass is 32.2. The maximum Gasteiger partial charge on any atom is 0.210 e. The molecule has 0 atom stereocenters. The van der Waals surface area contributed by atoms with E-state index in [9.17, 15) is 13.5 Å². The van der Waals surface area contributed by atoms with Crippen LogP contribution in [0.25, 0.3) is 0 Å². The summed E-state index contributed by atoms with van der Waals surface area (Å²) in [5.41, 5.74) is 0. The number of aromatic hydroxyl groups is 1. The molecule has 0 saturated carbocycles. The Labute approximate surface area is 93.9 Å². The maximum atomic E-state index is 12.1. The first-order valence-electron chi connectivity index (χ1n) is 4.70. The molecule has 0 aliphatic rings. The molecule has 1 N–H and O–H groups in total. The van der Waals surface area contributed by atoms with Crippen molar-refractivity contribution >= 4 is 9.84 Å². The smallest absolute Gasteiger partial charge is 0.210 e. The minimum Gasteiger partial charge on any atom is -0.507 e. The predicted octanol–water partition coefficient (Wildman–Crippen LogP) is 2.23. The Morgan fingerprint density at radius 3 is 2.00 bits per heavy atom. The third-order valence-corrected chi connectivity index (χ3v) is 4.03. The quantitative estimate of drug-likeness (QED) is 0.866. The molecule has 0 amide bonds. The Bertz CT molecular complexity index is 589. The van der Waals surface area contributed by atoms with E-state index in [2.05, 4.69) is 0 Å². The summed E-state index contributed by atoms with van der Waals surface area (Å²) in [6.45, 7) is 0. The zero-order valence-electron chi connectivity index (χ0n) is 8.37. The molecule has 0 spiro atoms. The average molecular weight is 234 g/mol. The van der Waals surface area contributed by atoms with Crippen LogP contribution in [0.1, 0.15) is 0 Å². The summed E-state index contributed by atoms with van der Waals surface area (Å²) in [6, 6.07) is 13.9. The molecule has 16 heavy (non-hydrogen) atoms. The zero-order valence-corrected chi connectivity index (χ0v) is 9.18. The summed E-state index contributed by atoms with van der Waals surface area (Å²) in [6.07, 6.45) is 0. The van der Waals surface area contributed by atoms with Crippen LogP contribution < -0.4 is 0 Å². The summed E-state index contributed by atoms with van der Waals surface area (Å²) < 4.78 is 24.2. The molecule has 82 valence electrons. The molecule has 0 aromatic heterocycles. The van der Waals surface area contributed by atoms with Crippen LogP contribution >= 0.6 is 0 Å². The molecule has 0 bridgehead atoms. The lowest BCUT2D eigenvalue weighted by molar-refractivity contribution is 0.459. The molecule has 4 heteroatoms. The van der Waals surface area contributed by atoms with E-state index in [0.29, 0.717) is 0 Å². The monoisotopic (exact) mass is 234 g/mol. The molecular formula is C12H10O3S. The summed E-state index contributed by atoms with van der Waals surface area (Å²) in [4.78, 5) is 0.109. The van der Waals surface area contributed by atoms with Gasteiger partial charge in [-0.05, 0) is 24.3 Å². The van der Waals surface area contributed by atoms with Gasteiger partial charge in [-0.3, -0.25) is 0 Å². The van der Waals surface area contributed by atoms with E-state index < -0.39 is 9.84 Å². The van der Waals surface area contributed by atoms with Gasteiger partial charge in [0.2, 0.25) is 9.84 Å². The fraction of sp³-hybridized carbons (Fsp3) is 0. The van der Waals surface area contributed by atoms with E-state index in [1.807, 2.05) is 0 Å². The molecule has 2 aromatic carbocycles. The Balaban J connectivity index is 2.62.